The molecule has 0 unspecified atom stereocenters. The number of rotatable bonds is 6. The number of nitrogens with one attached hydrogen (secondary N) is 1. The van der Waals surface area contributed by atoms with Crippen LogP contribution in [0.1, 0.15) is 36.5 Å². The predicted molar refractivity (Wildman–Crippen MR) is 118 cm³/mol. The van der Waals surface area contributed by atoms with Crippen LogP contribution in [0, 0.1) is 26.7 Å². The summed E-state index contributed by atoms with van der Waals surface area (Å²) in [7, 11) is -3.67. The van der Waals surface area contributed by atoms with Crippen molar-refractivity contribution in [2.75, 3.05) is 25.0 Å². The Morgan fingerprint density at radius 3 is 2.50 bits per heavy atom. The fourth-order valence-electron chi connectivity index (χ4n) is 4.16. The van der Waals surface area contributed by atoms with Gasteiger partial charge in [-0.2, -0.15) is 4.31 Å². The van der Waals surface area contributed by atoms with Crippen molar-refractivity contribution in [1.82, 2.24) is 4.31 Å². The molecule has 0 aliphatic carbocycles. The summed E-state index contributed by atoms with van der Waals surface area (Å²) < 4.78 is 33.8. The number of carbonyl (C=O) groups excluding carboxylic acids is 1. The molecule has 1 amide bonds. The summed E-state index contributed by atoms with van der Waals surface area (Å²) in [5.41, 5.74) is 3.12. The van der Waals surface area contributed by atoms with Crippen molar-refractivity contribution in [2.24, 2.45) is 5.92 Å². The van der Waals surface area contributed by atoms with Gasteiger partial charge in [-0.25, -0.2) is 8.42 Å². The molecule has 1 atom stereocenters. The van der Waals surface area contributed by atoms with Crippen molar-refractivity contribution in [2.45, 2.75) is 45.4 Å². The van der Waals surface area contributed by atoms with Crippen LogP contribution in [0.2, 0.25) is 0 Å². The van der Waals surface area contributed by atoms with Crippen LogP contribution < -0.4 is 10.1 Å². The molecule has 2 aromatic carbocycles. The number of nitrogens with zero attached hydrogens (tertiary/aromatic N) is 1. The van der Waals surface area contributed by atoms with E-state index in [0.717, 1.165) is 16.7 Å². The molecule has 1 aliphatic rings. The molecule has 1 aliphatic heterocycles. The normalized spacial score (nSPS) is 17.5. The summed E-state index contributed by atoms with van der Waals surface area (Å²) in [6.45, 7) is 8.59. The molecule has 1 heterocycles. The first-order chi connectivity index (χ1) is 14.2. The molecule has 0 radical (unpaired) electrons. The molecule has 1 saturated heterocycles. The number of amides is 1. The number of benzene rings is 2. The zero-order valence-corrected chi connectivity index (χ0v) is 18.9. The van der Waals surface area contributed by atoms with Crippen LogP contribution in [0.4, 0.5) is 5.69 Å². The maximum absolute atomic E-state index is 13.4. The quantitative estimate of drug-likeness (QED) is 0.750. The lowest BCUT2D eigenvalue weighted by atomic mass is 9.98. The van der Waals surface area contributed by atoms with Crippen LogP contribution in [0.5, 0.6) is 5.75 Å². The van der Waals surface area contributed by atoms with Crippen molar-refractivity contribution in [3.8, 4) is 5.75 Å². The van der Waals surface area contributed by atoms with E-state index in [1.165, 1.54) is 4.31 Å². The van der Waals surface area contributed by atoms with Crippen LogP contribution in [0.15, 0.2) is 41.3 Å². The van der Waals surface area contributed by atoms with Crippen LogP contribution in [0.25, 0.3) is 0 Å². The summed E-state index contributed by atoms with van der Waals surface area (Å²) >= 11 is 0. The van der Waals surface area contributed by atoms with Gasteiger partial charge >= 0.3 is 0 Å². The lowest BCUT2D eigenvalue weighted by Crippen LogP contribution is -2.44. The molecule has 0 bridgehead atoms. The fourth-order valence-corrected chi connectivity index (χ4v) is 6.10. The standard InChI is InChI=1S/C23H30N2O4S/c1-5-29-21-11-7-6-10-20(21)24-23(26)19-9-8-12-25(15-19)30(27,28)22-17(3)13-16(2)14-18(22)4/h6-7,10-11,13-14,19H,5,8-9,12,15H2,1-4H3,(H,24,26)/t19-/m1/s1. The number of anilines is 1. The van der Waals surface area contributed by atoms with Gasteiger partial charge in [-0.1, -0.05) is 29.8 Å². The highest BCUT2D eigenvalue weighted by molar-refractivity contribution is 7.89. The van der Waals surface area contributed by atoms with E-state index in [-0.39, 0.29) is 12.5 Å². The minimum atomic E-state index is -3.67. The molecule has 0 aromatic heterocycles. The minimum absolute atomic E-state index is 0.178. The van der Waals surface area contributed by atoms with E-state index < -0.39 is 15.9 Å². The maximum Gasteiger partial charge on any atom is 0.243 e. The molecule has 0 spiro atoms. The maximum atomic E-state index is 13.4. The number of para-hydroxylation sites is 2. The number of sulfonamides is 1. The Bertz CT molecular complexity index is 1010. The molecule has 162 valence electrons. The summed E-state index contributed by atoms with van der Waals surface area (Å²) in [6.07, 6.45) is 1.30. The van der Waals surface area contributed by atoms with E-state index in [2.05, 4.69) is 5.32 Å². The van der Waals surface area contributed by atoms with E-state index in [9.17, 15) is 13.2 Å². The lowest BCUT2D eigenvalue weighted by Gasteiger charge is -2.32. The van der Waals surface area contributed by atoms with Gasteiger partial charge in [0.15, 0.2) is 0 Å². The third-order valence-electron chi connectivity index (χ3n) is 5.40. The summed E-state index contributed by atoms with van der Waals surface area (Å²) in [5, 5.41) is 2.92. The third kappa shape index (κ3) is 4.68. The Hall–Kier alpha value is -2.38. The van der Waals surface area contributed by atoms with E-state index >= 15 is 0 Å². The number of carbonyl (C=O) groups is 1. The SMILES string of the molecule is CCOc1ccccc1NC(=O)[C@@H]1CCCN(S(=O)(=O)c2c(C)cc(C)cc2C)C1. The second kappa shape index (κ2) is 9.18. The number of piperidine rings is 1. The molecule has 7 heteroatoms. The molecule has 3 rings (SSSR count). The Kier molecular flexibility index (Phi) is 6.83. The molecule has 30 heavy (non-hydrogen) atoms. The largest absolute Gasteiger partial charge is 0.492 e. The van der Waals surface area contributed by atoms with Crippen molar-refractivity contribution >= 4 is 21.6 Å². The van der Waals surface area contributed by atoms with Crippen LogP contribution in [-0.2, 0) is 14.8 Å². The third-order valence-corrected chi connectivity index (χ3v) is 7.57. The van der Waals surface area contributed by atoms with Gasteiger partial charge in [0.25, 0.3) is 0 Å². The molecule has 0 saturated carbocycles. The van der Waals surface area contributed by atoms with Gasteiger partial charge in [0.2, 0.25) is 15.9 Å². The average molecular weight is 431 g/mol. The first-order valence-electron chi connectivity index (χ1n) is 10.3. The zero-order chi connectivity index (χ0) is 21.9. The van der Waals surface area contributed by atoms with Crippen molar-refractivity contribution in [1.29, 1.82) is 0 Å². The predicted octanol–water partition coefficient (Wildman–Crippen LogP) is 4.05. The van der Waals surface area contributed by atoms with Gasteiger partial charge in [-0.3, -0.25) is 4.79 Å². The zero-order valence-electron chi connectivity index (χ0n) is 18.1. The fraction of sp³-hybridized carbons (Fsp3) is 0.435. The molecular weight excluding hydrogens is 400 g/mol. The molecular formula is C23H30N2O4S. The molecule has 1 fully saturated rings. The first kappa shape index (κ1) is 22.3. The van der Waals surface area contributed by atoms with Gasteiger partial charge in [-0.15, -0.1) is 0 Å². The second-order valence-corrected chi connectivity index (χ2v) is 9.72. The Labute approximate surface area is 179 Å². The highest BCUT2D eigenvalue weighted by Gasteiger charge is 2.35. The van der Waals surface area contributed by atoms with Crippen molar-refractivity contribution < 1.29 is 17.9 Å². The first-order valence-corrected chi connectivity index (χ1v) is 11.8. The topological polar surface area (TPSA) is 75.7 Å². The Morgan fingerprint density at radius 1 is 1.17 bits per heavy atom. The van der Waals surface area contributed by atoms with E-state index in [1.54, 1.807) is 12.1 Å². The Morgan fingerprint density at radius 2 is 1.83 bits per heavy atom. The number of aryl methyl sites for hydroxylation is 3. The summed E-state index contributed by atoms with van der Waals surface area (Å²) in [6, 6.07) is 11.1. The van der Waals surface area contributed by atoms with E-state index in [1.807, 2.05) is 52.0 Å². The van der Waals surface area contributed by atoms with Gasteiger partial charge in [0.1, 0.15) is 5.75 Å². The molecule has 6 nitrogen and oxygen atoms in total. The molecule has 1 N–H and O–H groups in total. The van der Waals surface area contributed by atoms with Gasteiger partial charge in [0, 0.05) is 13.1 Å². The van der Waals surface area contributed by atoms with Crippen LogP contribution in [0.3, 0.4) is 0 Å². The van der Waals surface area contributed by atoms with Gasteiger partial charge in [0.05, 0.1) is 23.1 Å². The second-order valence-electron chi connectivity index (χ2n) is 7.85. The number of hydrogen-bond donors (Lipinski definition) is 1. The van der Waals surface area contributed by atoms with E-state index in [4.69, 9.17) is 4.74 Å². The highest BCUT2D eigenvalue weighted by Crippen LogP contribution is 2.30. The number of hydrogen-bond acceptors (Lipinski definition) is 4. The Balaban J connectivity index is 1.79. The average Bonchev–Trinajstić information content (AvgIpc) is 2.68. The monoisotopic (exact) mass is 430 g/mol. The molecule has 2 aromatic rings. The van der Waals surface area contributed by atoms with Crippen molar-refractivity contribution in [3.63, 3.8) is 0 Å². The van der Waals surface area contributed by atoms with E-state index in [0.29, 0.717) is 42.3 Å². The highest BCUT2D eigenvalue weighted by atomic mass is 32.2. The van der Waals surface area contributed by atoms with Gasteiger partial charge in [-0.05, 0) is 63.8 Å². The minimum Gasteiger partial charge on any atom is -0.492 e. The summed E-state index contributed by atoms with van der Waals surface area (Å²) in [5.74, 6) is 0.0215. The van der Waals surface area contributed by atoms with Gasteiger partial charge < -0.3 is 10.1 Å². The summed E-state index contributed by atoms with van der Waals surface area (Å²) in [4.78, 5) is 13.3. The van der Waals surface area contributed by atoms with Crippen LogP contribution >= 0.6 is 0 Å². The van der Waals surface area contributed by atoms with Crippen molar-refractivity contribution in [3.05, 3.63) is 53.1 Å². The number of ether oxygens (including phenoxy) is 1. The van der Waals surface area contributed by atoms with Crippen LogP contribution in [-0.4, -0.2) is 38.3 Å². The smallest absolute Gasteiger partial charge is 0.243 e. The lowest BCUT2D eigenvalue weighted by molar-refractivity contribution is -0.120.